The molecule has 9 aromatic rings. The van der Waals surface area contributed by atoms with Crippen LogP contribution in [-0.2, 0) is 5.41 Å². The summed E-state index contributed by atoms with van der Waals surface area (Å²) in [5, 5.41) is 2.02. The average Bonchev–Trinajstić information content (AvgIpc) is 3.83. The Kier molecular flexibility index (Phi) is 7.89. The number of furan rings is 1. The standard InChI is InChI=1S/C58H43F2NO/c59-42-22-18-37(19-23-42)38-20-24-44(25-21-38)61(53-27-26-45(39-10-2-1-3-11-39)57-56(53)48-14-6-9-17-54(48)62-57)52-16-8-5-12-46(52)49-33-43(60)34-51-55(49)47-13-4-7-15-50(47)58(51)40-29-35-28-36(31-40)32-41(58)30-35/h1-27,33-36,40-41H,28-32H2. The predicted molar refractivity (Wildman–Crippen MR) is 248 cm³/mol. The van der Waals surface area contributed by atoms with Gasteiger partial charge >= 0.3 is 0 Å². The van der Waals surface area contributed by atoms with Crippen LogP contribution in [0.1, 0.15) is 43.2 Å². The third-order valence-electron chi connectivity index (χ3n) is 15.2. The van der Waals surface area contributed by atoms with E-state index in [1.165, 1.54) is 66.5 Å². The molecule has 4 heteroatoms. The van der Waals surface area contributed by atoms with Crippen LogP contribution in [0.4, 0.5) is 25.8 Å². The Bertz CT molecular complexity index is 3190. The Morgan fingerprint density at radius 3 is 1.87 bits per heavy atom. The van der Waals surface area contributed by atoms with Crippen LogP contribution in [0.15, 0.2) is 180 Å². The molecule has 0 aliphatic heterocycles. The first-order chi connectivity index (χ1) is 30.5. The highest BCUT2D eigenvalue weighted by Crippen LogP contribution is 2.70. The Labute approximate surface area is 360 Å². The van der Waals surface area contributed by atoms with Gasteiger partial charge in [-0.15, -0.1) is 0 Å². The zero-order valence-electron chi connectivity index (χ0n) is 34.2. The van der Waals surface area contributed by atoms with Crippen molar-refractivity contribution in [1.29, 1.82) is 0 Å². The Balaban J connectivity index is 1.07. The maximum absolute atomic E-state index is 16.8. The lowest BCUT2D eigenvalue weighted by Crippen LogP contribution is -2.55. The van der Waals surface area contributed by atoms with Gasteiger partial charge in [0.05, 0.1) is 16.8 Å². The van der Waals surface area contributed by atoms with Gasteiger partial charge in [0.15, 0.2) is 0 Å². The molecule has 4 saturated carbocycles. The first-order valence-electron chi connectivity index (χ1n) is 22.2. The van der Waals surface area contributed by atoms with Crippen LogP contribution in [0.3, 0.4) is 0 Å². The molecular formula is C58H43F2NO. The normalized spacial score (nSPS) is 21.8. The zero-order valence-corrected chi connectivity index (χ0v) is 34.2. The summed E-state index contributed by atoms with van der Waals surface area (Å²) in [5.74, 6) is 2.19. The molecule has 0 atom stereocenters. The number of benzene rings is 8. The maximum atomic E-state index is 16.8. The molecule has 2 nitrogen and oxygen atoms in total. The second-order valence-corrected chi connectivity index (χ2v) is 18.3. The van der Waals surface area contributed by atoms with Gasteiger partial charge in [0.2, 0.25) is 0 Å². The van der Waals surface area contributed by atoms with Crippen molar-refractivity contribution in [1.82, 2.24) is 0 Å². The summed E-state index contributed by atoms with van der Waals surface area (Å²) in [6.07, 6.45) is 6.31. The minimum absolute atomic E-state index is 0.170. The van der Waals surface area contributed by atoms with Crippen molar-refractivity contribution in [2.45, 2.75) is 37.5 Å². The van der Waals surface area contributed by atoms with E-state index in [4.69, 9.17) is 4.42 Å². The number of para-hydroxylation sites is 2. The summed E-state index contributed by atoms with van der Waals surface area (Å²) < 4.78 is 37.7. The molecule has 5 aliphatic carbocycles. The lowest BCUT2D eigenvalue weighted by atomic mass is 9.43. The smallest absolute Gasteiger partial charge is 0.145 e. The molecule has 8 aromatic carbocycles. The predicted octanol–water partition coefficient (Wildman–Crippen LogP) is 16.1. The van der Waals surface area contributed by atoms with Crippen molar-refractivity contribution >= 4 is 39.0 Å². The van der Waals surface area contributed by atoms with E-state index < -0.39 is 0 Å². The van der Waals surface area contributed by atoms with Crippen molar-refractivity contribution < 1.29 is 13.2 Å². The van der Waals surface area contributed by atoms with Gasteiger partial charge in [0.25, 0.3) is 0 Å². The van der Waals surface area contributed by atoms with Crippen molar-refractivity contribution in [3.63, 3.8) is 0 Å². The van der Waals surface area contributed by atoms with E-state index >= 15 is 4.39 Å². The summed E-state index contributed by atoms with van der Waals surface area (Å²) >= 11 is 0. The molecule has 4 fully saturated rings. The molecule has 62 heavy (non-hydrogen) atoms. The molecule has 5 aliphatic rings. The van der Waals surface area contributed by atoms with E-state index in [-0.39, 0.29) is 17.0 Å². The van der Waals surface area contributed by atoms with E-state index in [1.54, 1.807) is 6.07 Å². The first kappa shape index (κ1) is 35.9. The highest BCUT2D eigenvalue weighted by atomic mass is 19.1. The summed E-state index contributed by atoms with van der Waals surface area (Å²) in [6.45, 7) is 0. The van der Waals surface area contributed by atoms with E-state index in [2.05, 4.69) is 126 Å². The van der Waals surface area contributed by atoms with E-state index in [9.17, 15) is 4.39 Å². The molecule has 0 radical (unpaired) electrons. The minimum Gasteiger partial charge on any atom is -0.455 e. The number of rotatable bonds is 6. The minimum atomic E-state index is -0.260. The summed E-state index contributed by atoms with van der Waals surface area (Å²) in [5.41, 5.74) is 15.2. The van der Waals surface area contributed by atoms with Crippen molar-refractivity contribution in [2.24, 2.45) is 23.7 Å². The fourth-order valence-electron chi connectivity index (χ4n) is 13.0. The SMILES string of the molecule is Fc1ccc(-c2ccc(N(c3ccccc3-c3cc(F)cc4c3-c3ccccc3C43C4CC5CC(C4)CC3C5)c3ccc(-c4ccccc4)c4oc5ccccc5c34)cc2)cc1. The van der Waals surface area contributed by atoms with Crippen LogP contribution >= 0.6 is 0 Å². The molecule has 1 heterocycles. The quantitative estimate of drug-likeness (QED) is 0.166. The monoisotopic (exact) mass is 807 g/mol. The third-order valence-corrected chi connectivity index (χ3v) is 15.2. The van der Waals surface area contributed by atoms with Crippen LogP contribution in [0.25, 0.3) is 66.4 Å². The van der Waals surface area contributed by atoms with Gasteiger partial charge < -0.3 is 9.32 Å². The van der Waals surface area contributed by atoms with E-state index in [0.29, 0.717) is 11.8 Å². The fraction of sp³-hybridized carbons (Fsp3) is 0.172. The fourth-order valence-corrected chi connectivity index (χ4v) is 13.0. The average molecular weight is 808 g/mol. The summed E-state index contributed by atoms with van der Waals surface area (Å²) in [6, 6.07) is 59.5. The molecule has 300 valence electrons. The molecular weight excluding hydrogens is 765 g/mol. The summed E-state index contributed by atoms with van der Waals surface area (Å²) in [7, 11) is 0. The van der Waals surface area contributed by atoms with E-state index in [0.717, 1.165) is 84.2 Å². The van der Waals surface area contributed by atoms with Gasteiger partial charge in [-0.2, -0.15) is 0 Å². The number of anilines is 3. The van der Waals surface area contributed by atoms with Crippen LogP contribution in [0.5, 0.6) is 0 Å². The zero-order chi connectivity index (χ0) is 41.1. The maximum Gasteiger partial charge on any atom is 0.145 e. The third kappa shape index (κ3) is 5.19. The lowest BCUT2D eigenvalue weighted by molar-refractivity contribution is -0.0400. The molecule has 0 amide bonds. The summed E-state index contributed by atoms with van der Waals surface area (Å²) in [4.78, 5) is 2.33. The van der Waals surface area contributed by atoms with Gasteiger partial charge in [0.1, 0.15) is 22.8 Å². The first-order valence-corrected chi connectivity index (χ1v) is 22.2. The molecule has 4 bridgehead atoms. The number of halogens is 2. The van der Waals surface area contributed by atoms with Crippen LogP contribution < -0.4 is 4.90 Å². The second-order valence-electron chi connectivity index (χ2n) is 18.3. The molecule has 1 spiro atoms. The van der Waals surface area contributed by atoms with Crippen molar-refractivity contribution in [3.05, 3.63) is 199 Å². The molecule has 1 aromatic heterocycles. The topological polar surface area (TPSA) is 16.4 Å². The molecule has 0 unspecified atom stereocenters. The van der Waals surface area contributed by atoms with Crippen LogP contribution in [0, 0.1) is 35.3 Å². The van der Waals surface area contributed by atoms with E-state index in [1.807, 2.05) is 36.4 Å². The van der Waals surface area contributed by atoms with Crippen molar-refractivity contribution in [2.75, 3.05) is 4.90 Å². The van der Waals surface area contributed by atoms with Crippen molar-refractivity contribution in [3.8, 4) is 44.5 Å². The molecule has 0 saturated heterocycles. The number of nitrogens with zero attached hydrogens (tertiary/aromatic N) is 1. The molecule has 0 N–H and O–H groups in total. The number of fused-ring (bicyclic) bond motifs is 6. The highest BCUT2D eigenvalue weighted by molar-refractivity contribution is 6.17. The van der Waals surface area contributed by atoms with Gasteiger partial charge in [0, 0.05) is 27.6 Å². The largest absolute Gasteiger partial charge is 0.455 e. The number of hydrogen-bond donors (Lipinski definition) is 0. The molecule has 14 rings (SSSR count). The van der Waals surface area contributed by atoms with Gasteiger partial charge in [-0.1, -0.05) is 115 Å². The van der Waals surface area contributed by atoms with Gasteiger partial charge in [-0.05, 0) is 161 Å². The van der Waals surface area contributed by atoms with Crippen LogP contribution in [0.2, 0.25) is 0 Å². The van der Waals surface area contributed by atoms with Gasteiger partial charge in [-0.3, -0.25) is 0 Å². The van der Waals surface area contributed by atoms with Gasteiger partial charge in [-0.25, -0.2) is 8.78 Å². The lowest BCUT2D eigenvalue weighted by Gasteiger charge is -2.61. The Morgan fingerprint density at radius 2 is 1.11 bits per heavy atom. The van der Waals surface area contributed by atoms with Crippen LogP contribution in [-0.4, -0.2) is 0 Å². The highest BCUT2D eigenvalue weighted by Gasteiger charge is 2.62. The number of hydrogen-bond acceptors (Lipinski definition) is 2. The second kappa shape index (κ2) is 13.6. The Morgan fingerprint density at radius 1 is 0.468 bits per heavy atom. The Hall–Kier alpha value is -6.78.